The molecule has 2 aromatic rings. The van der Waals surface area contributed by atoms with Gasteiger partial charge in [0.1, 0.15) is 5.38 Å². The smallest absolute Gasteiger partial charge is 0.244 e. The largest absolute Gasteiger partial charge is 0.337 e. The van der Waals surface area contributed by atoms with E-state index >= 15 is 0 Å². The Morgan fingerprint density at radius 1 is 1.41 bits per heavy atom. The molecule has 17 heavy (non-hydrogen) atoms. The Morgan fingerprint density at radius 3 is 2.71 bits per heavy atom. The van der Waals surface area contributed by atoms with Gasteiger partial charge >= 0.3 is 0 Å². The summed E-state index contributed by atoms with van der Waals surface area (Å²) in [6, 6.07) is 2.35. The molecule has 0 N–H and O–H groups in total. The summed E-state index contributed by atoms with van der Waals surface area (Å²) in [6.45, 7) is 1.67. The number of hydrogen-bond acceptors (Lipinski definition) is 3. The van der Waals surface area contributed by atoms with Crippen LogP contribution in [0.4, 0.5) is 8.78 Å². The Hall–Kier alpha value is -1.01. The Kier molecular flexibility index (Phi) is 3.44. The Morgan fingerprint density at radius 2 is 2.12 bits per heavy atom. The van der Waals surface area contributed by atoms with Gasteiger partial charge in [-0.1, -0.05) is 5.16 Å². The number of benzene rings is 1. The Bertz CT molecular complexity index is 559. The van der Waals surface area contributed by atoms with E-state index in [-0.39, 0.29) is 16.2 Å². The fourth-order valence-corrected chi connectivity index (χ4v) is 1.79. The van der Waals surface area contributed by atoms with Crippen molar-refractivity contribution >= 4 is 27.5 Å². The molecule has 0 bridgehead atoms. The Balaban J connectivity index is 2.49. The third-order valence-corrected chi connectivity index (χ3v) is 3.02. The summed E-state index contributed by atoms with van der Waals surface area (Å²) in [5.74, 6) is -1.57. The lowest BCUT2D eigenvalue weighted by Crippen LogP contribution is -1.91. The van der Waals surface area contributed by atoms with Gasteiger partial charge in [0.25, 0.3) is 0 Å². The molecule has 0 aliphatic heterocycles. The van der Waals surface area contributed by atoms with Crippen LogP contribution < -0.4 is 0 Å². The molecule has 2 rings (SSSR count). The molecule has 1 atom stereocenters. The monoisotopic (exact) mass is 322 g/mol. The van der Waals surface area contributed by atoms with E-state index in [2.05, 4.69) is 26.1 Å². The molecule has 1 aromatic carbocycles. The van der Waals surface area contributed by atoms with Crippen molar-refractivity contribution < 1.29 is 13.3 Å². The zero-order chi connectivity index (χ0) is 12.6. The highest BCUT2D eigenvalue weighted by molar-refractivity contribution is 9.10. The van der Waals surface area contributed by atoms with Crippen LogP contribution in [0.5, 0.6) is 0 Å². The van der Waals surface area contributed by atoms with E-state index in [1.165, 1.54) is 6.07 Å². The van der Waals surface area contributed by atoms with Crippen LogP contribution in [0, 0.1) is 11.6 Å². The van der Waals surface area contributed by atoms with Crippen molar-refractivity contribution in [3.63, 3.8) is 0 Å². The second-order valence-corrected chi connectivity index (χ2v) is 4.74. The lowest BCUT2D eigenvalue weighted by molar-refractivity contribution is 0.379. The third kappa shape index (κ3) is 2.32. The zero-order valence-electron chi connectivity index (χ0n) is 8.55. The summed E-state index contributed by atoms with van der Waals surface area (Å²) < 4.78 is 31.1. The molecule has 1 unspecified atom stereocenters. The number of alkyl halides is 1. The van der Waals surface area contributed by atoms with Gasteiger partial charge in [0.2, 0.25) is 11.7 Å². The fraction of sp³-hybridized carbons (Fsp3) is 0.200. The highest BCUT2D eigenvalue weighted by Gasteiger charge is 2.18. The predicted molar refractivity (Wildman–Crippen MR) is 61.6 cm³/mol. The molecule has 1 aromatic heterocycles. The quantitative estimate of drug-likeness (QED) is 0.617. The minimum Gasteiger partial charge on any atom is -0.337 e. The van der Waals surface area contributed by atoms with Crippen LogP contribution in [0.25, 0.3) is 11.4 Å². The molecule has 1 heterocycles. The van der Waals surface area contributed by atoms with Crippen molar-refractivity contribution in [2.75, 3.05) is 0 Å². The zero-order valence-corrected chi connectivity index (χ0v) is 10.9. The second kappa shape index (κ2) is 4.70. The van der Waals surface area contributed by atoms with Crippen molar-refractivity contribution in [2.24, 2.45) is 0 Å². The molecule has 7 heteroatoms. The summed E-state index contributed by atoms with van der Waals surface area (Å²) >= 11 is 8.70. The second-order valence-electron chi connectivity index (χ2n) is 3.30. The van der Waals surface area contributed by atoms with Gasteiger partial charge in [-0.05, 0) is 35.0 Å². The number of rotatable bonds is 2. The lowest BCUT2D eigenvalue weighted by atomic mass is 10.2. The van der Waals surface area contributed by atoms with Crippen molar-refractivity contribution in [3.8, 4) is 11.4 Å². The molecule has 90 valence electrons. The molecule has 3 nitrogen and oxygen atoms in total. The summed E-state index contributed by atoms with van der Waals surface area (Å²) in [5, 5.41) is 3.21. The number of nitrogens with zero attached hydrogens (tertiary/aromatic N) is 2. The van der Waals surface area contributed by atoms with Crippen LogP contribution in [0.15, 0.2) is 21.1 Å². The molecule has 0 aliphatic carbocycles. The maximum atomic E-state index is 13.3. The summed E-state index contributed by atoms with van der Waals surface area (Å²) in [6.07, 6.45) is 0. The van der Waals surface area contributed by atoms with Crippen LogP contribution >= 0.6 is 27.5 Å². The molecule has 0 fully saturated rings. The minimum absolute atomic E-state index is 0.0490. The van der Waals surface area contributed by atoms with Crippen LogP contribution in [0.1, 0.15) is 18.2 Å². The predicted octanol–water partition coefficient (Wildman–Crippen LogP) is 4.08. The normalized spacial score (nSPS) is 12.8. The van der Waals surface area contributed by atoms with E-state index in [1.807, 2.05) is 0 Å². The van der Waals surface area contributed by atoms with Crippen molar-refractivity contribution in [2.45, 2.75) is 12.3 Å². The van der Waals surface area contributed by atoms with E-state index in [4.69, 9.17) is 16.1 Å². The van der Waals surface area contributed by atoms with Gasteiger partial charge in [-0.25, -0.2) is 8.78 Å². The third-order valence-electron chi connectivity index (χ3n) is 2.06. The minimum atomic E-state index is -0.993. The van der Waals surface area contributed by atoms with E-state index in [0.717, 1.165) is 6.07 Å². The van der Waals surface area contributed by atoms with E-state index < -0.39 is 17.0 Å². The van der Waals surface area contributed by atoms with Gasteiger partial charge in [0.05, 0.1) is 4.47 Å². The lowest BCUT2D eigenvalue weighted by Gasteiger charge is -2.01. The van der Waals surface area contributed by atoms with E-state index in [9.17, 15) is 8.78 Å². The first-order valence-electron chi connectivity index (χ1n) is 4.62. The molecule has 0 saturated carbocycles. The van der Waals surface area contributed by atoms with Crippen molar-refractivity contribution in [3.05, 3.63) is 34.1 Å². The van der Waals surface area contributed by atoms with Gasteiger partial charge in [0.15, 0.2) is 11.6 Å². The molecular formula is C10H6BrClF2N2O. The number of aromatic nitrogens is 2. The average molecular weight is 324 g/mol. The highest BCUT2D eigenvalue weighted by Crippen LogP contribution is 2.31. The van der Waals surface area contributed by atoms with Gasteiger partial charge in [-0.3, -0.25) is 0 Å². The van der Waals surface area contributed by atoms with Gasteiger partial charge in [-0.2, -0.15) is 4.98 Å². The highest BCUT2D eigenvalue weighted by atomic mass is 79.9. The molecular weight excluding hydrogens is 317 g/mol. The number of hydrogen-bond donors (Lipinski definition) is 0. The van der Waals surface area contributed by atoms with Gasteiger partial charge in [-0.15, -0.1) is 11.6 Å². The first kappa shape index (κ1) is 12.4. The topological polar surface area (TPSA) is 38.9 Å². The van der Waals surface area contributed by atoms with Crippen molar-refractivity contribution in [1.82, 2.24) is 10.1 Å². The van der Waals surface area contributed by atoms with Crippen LogP contribution in [0.2, 0.25) is 0 Å². The first-order valence-corrected chi connectivity index (χ1v) is 5.85. The van der Waals surface area contributed by atoms with Gasteiger partial charge in [0, 0.05) is 5.56 Å². The summed E-state index contributed by atoms with van der Waals surface area (Å²) in [4.78, 5) is 3.98. The van der Waals surface area contributed by atoms with Crippen LogP contribution in [0.3, 0.4) is 0 Å². The molecule has 0 amide bonds. The molecule has 0 saturated heterocycles. The van der Waals surface area contributed by atoms with Crippen molar-refractivity contribution in [1.29, 1.82) is 0 Å². The van der Waals surface area contributed by atoms with Crippen LogP contribution in [-0.4, -0.2) is 10.1 Å². The standard InChI is InChI=1S/C10H6BrClF2N2O/c1-4(12)10-15-9(16-17-10)5-2-3-6(13)8(14)7(5)11/h2-4H,1H3. The Labute approximate surface area is 109 Å². The number of halogens is 4. The molecule has 0 radical (unpaired) electrons. The maximum absolute atomic E-state index is 13.3. The molecule has 0 spiro atoms. The average Bonchev–Trinajstić information content (AvgIpc) is 2.75. The fourth-order valence-electron chi connectivity index (χ4n) is 1.20. The van der Waals surface area contributed by atoms with E-state index in [1.54, 1.807) is 6.92 Å². The van der Waals surface area contributed by atoms with Gasteiger partial charge < -0.3 is 4.52 Å². The summed E-state index contributed by atoms with van der Waals surface area (Å²) in [7, 11) is 0. The van der Waals surface area contributed by atoms with E-state index in [0.29, 0.717) is 5.56 Å². The SMILES string of the molecule is CC(Cl)c1nc(-c2ccc(F)c(F)c2Br)no1. The first-order chi connectivity index (χ1) is 8.00. The maximum Gasteiger partial charge on any atom is 0.244 e. The molecule has 0 aliphatic rings. The van der Waals surface area contributed by atoms with Crippen LogP contribution in [-0.2, 0) is 0 Å². The summed E-state index contributed by atoms with van der Waals surface area (Å²) in [5.41, 5.74) is 0.302.